The highest BCUT2D eigenvalue weighted by Gasteiger charge is 2.03. The summed E-state index contributed by atoms with van der Waals surface area (Å²) in [4.78, 5) is 18.0. The fraction of sp³-hybridized carbons (Fsp3) is 0.294. The van der Waals surface area contributed by atoms with Gasteiger partial charge < -0.3 is 4.90 Å². The highest BCUT2D eigenvalue weighted by molar-refractivity contribution is 5.80. The van der Waals surface area contributed by atoms with Gasteiger partial charge in [-0.25, -0.2) is 4.68 Å². The molecule has 124 valence electrons. The lowest BCUT2D eigenvalue weighted by atomic mass is 10.1. The molecule has 0 bridgehead atoms. The normalized spacial score (nSPS) is 11.0. The van der Waals surface area contributed by atoms with Crippen molar-refractivity contribution in [2.75, 3.05) is 20.6 Å². The molecular weight excluding hydrogens is 304 g/mol. The average molecular weight is 324 g/mol. The van der Waals surface area contributed by atoms with Crippen LogP contribution in [0.25, 0.3) is 11.3 Å². The van der Waals surface area contributed by atoms with Crippen molar-refractivity contribution in [1.82, 2.24) is 20.0 Å². The van der Waals surface area contributed by atoms with Gasteiger partial charge in [-0.3, -0.25) is 15.1 Å². The molecule has 24 heavy (non-hydrogen) atoms. The van der Waals surface area contributed by atoms with Crippen molar-refractivity contribution in [3.8, 4) is 17.5 Å². The average Bonchev–Trinajstić information content (AvgIpc) is 2.59. The topological polar surface area (TPSA) is 86.3 Å². The van der Waals surface area contributed by atoms with E-state index in [0.29, 0.717) is 25.5 Å². The van der Waals surface area contributed by atoms with E-state index in [1.54, 1.807) is 25.1 Å². The highest BCUT2D eigenvalue weighted by Crippen LogP contribution is 2.13. The van der Waals surface area contributed by atoms with Gasteiger partial charge in [0.05, 0.1) is 5.69 Å². The quantitative estimate of drug-likeness (QED) is 0.294. The molecule has 7 nitrogen and oxygen atoms in total. The summed E-state index contributed by atoms with van der Waals surface area (Å²) in [5.74, 6) is 0.496. The van der Waals surface area contributed by atoms with Crippen LogP contribution in [0.4, 0.5) is 0 Å². The maximum absolute atomic E-state index is 11.9. The molecule has 0 unspecified atom stereocenters. The number of aromatic nitrogens is 2. The van der Waals surface area contributed by atoms with Crippen LogP contribution in [0.2, 0.25) is 0 Å². The number of nitrogens with one attached hydrogen (secondary N) is 1. The van der Waals surface area contributed by atoms with Crippen LogP contribution in [0.1, 0.15) is 6.42 Å². The molecule has 0 spiro atoms. The molecule has 1 N–H and O–H groups in total. The predicted molar refractivity (Wildman–Crippen MR) is 93.3 cm³/mol. The summed E-state index contributed by atoms with van der Waals surface area (Å²) in [5, 5.41) is 15.6. The molecule has 0 saturated heterocycles. The number of nitrogens with zero attached hydrogens (tertiary/aromatic N) is 5. The first kappa shape index (κ1) is 17.2. The third-order valence-electron chi connectivity index (χ3n) is 3.32. The zero-order chi connectivity index (χ0) is 17.4. The van der Waals surface area contributed by atoms with Crippen molar-refractivity contribution < 1.29 is 0 Å². The van der Waals surface area contributed by atoms with Crippen molar-refractivity contribution in [1.29, 1.82) is 5.26 Å². The van der Waals surface area contributed by atoms with Gasteiger partial charge in [0.15, 0.2) is 6.19 Å². The Bertz CT molecular complexity index is 789. The molecule has 0 fully saturated rings. The smallest absolute Gasteiger partial charge is 0.266 e. The molecule has 2 aromatic rings. The van der Waals surface area contributed by atoms with Crippen LogP contribution < -0.4 is 10.9 Å². The molecule has 0 radical (unpaired) electrons. The number of rotatable bonds is 5. The number of aliphatic imine (C=N–C) groups is 1. The van der Waals surface area contributed by atoms with Crippen molar-refractivity contribution >= 4 is 5.96 Å². The van der Waals surface area contributed by atoms with Gasteiger partial charge in [-0.1, -0.05) is 30.3 Å². The summed E-state index contributed by atoms with van der Waals surface area (Å²) in [7, 11) is 3.61. The third-order valence-corrected chi connectivity index (χ3v) is 3.32. The van der Waals surface area contributed by atoms with E-state index < -0.39 is 0 Å². The van der Waals surface area contributed by atoms with Gasteiger partial charge in [-0.05, 0) is 12.5 Å². The Morgan fingerprint density at radius 3 is 2.71 bits per heavy atom. The maximum atomic E-state index is 11.9. The fourth-order valence-electron chi connectivity index (χ4n) is 2.12. The van der Waals surface area contributed by atoms with Gasteiger partial charge in [-0.2, -0.15) is 10.4 Å². The molecule has 1 aromatic carbocycles. The Morgan fingerprint density at radius 1 is 1.29 bits per heavy atom. The maximum Gasteiger partial charge on any atom is 0.266 e. The summed E-state index contributed by atoms with van der Waals surface area (Å²) in [6.45, 7) is 0.960. The molecule has 0 amide bonds. The molecule has 7 heteroatoms. The first-order valence-electron chi connectivity index (χ1n) is 7.62. The lowest BCUT2D eigenvalue weighted by molar-refractivity contribution is 0.549. The Kier molecular flexibility index (Phi) is 6.08. The molecule has 1 heterocycles. The number of aryl methyl sites for hydroxylation is 1. The second-order valence-electron chi connectivity index (χ2n) is 5.34. The van der Waals surface area contributed by atoms with Crippen LogP contribution in [0.5, 0.6) is 0 Å². The van der Waals surface area contributed by atoms with Crippen molar-refractivity contribution in [2.45, 2.75) is 13.0 Å². The molecule has 0 aliphatic carbocycles. The standard InChI is InChI=1S/C17H20N6O/c1-22(2)17(20-13-18)19-11-6-12-23-16(24)10-9-15(21-23)14-7-4-3-5-8-14/h3-5,7-10H,6,11-12H2,1-2H3,(H,19,20). The minimum atomic E-state index is -0.137. The molecule has 0 saturated carbocycles. The number of benzene rings is 1. The molecule has 0 aliphatic rings. The lowest BCUT2D eigenvalue weighted by Crippen LogP contribution is -2.33. The Morgan fingerprint density at radius 2 is 2.04 bits per heavy atom. The Labute approximate surface area is 140 Å². The minimum absolute atomic E-state index is 0.137. The second kappa shape index (κ2) is 8.48. The van der Waals surface area contributed by atoms with E-state index in [0.717, 1.165) is 11.3 Å². The number of hydrogen-bond donors (Lipinski definition) is 1. The second-order valence-corrected chi connectivity index (χ2v) is 5.34. The lowest BCUT2D eigenvalue weighted by Gasteiger charge is -2.13. The molecule has 1 aromatic heterocycles. The van der Waals surface area contributed by atoms with Crippen molar-refractivity contribution in [2.24, 2.45) is 4.99 Å². The van der Waals surface area contributed by atoms with E-state index in [1.807, 2.05) is 36.5 Å². The first-order chi connectivity index (χ1) is 11.6. The van der Waals surface area contributed by atoms with Crippen LogP contribution >= 0.6 is 0 Å². The fourth-order valence-corrected chi connectivity index (χ4v) is 2.12. The highest BCUT2D eigenvalue weighted by atomic mass is 16.1. The largest absolute Gasteiger partial charge is 0.348 e. The zero-order valence-corrected chi connectivity index (χ0v) is 13.8. The number of guanidine groups is 1. The van der Waals surface area contributed by atoms with Crippen LogP contribution in [0.15, 0.2) is 52.3 Å². The third kappa shape index (κ3) is 4.68. The number of hydrogen-bond acceptors (Lipinski definition) is 4. The van der Waals surface area contributed by atoms with Crippen LogP contribution in [-0.2, 0) is 6.54 Å². The van der Waals surface area contributed by atoms with Crippen LogP contribution in [-0.4, -0.2) is 41.3 Å². The van der Waals surface area contributed by atoms with Gasteiger partial charge in [-0.15, -0.1) is 0 Å². The summed E-state index contributed by atoms with van der Waals surface area (Å²) in [6, 6.07) is 13.0. The summed E-state index contributed by atoms with van der Waals surface area (Å²) < 4.78 is 1.45. The van der Waals surface area contributed by atoms with E-state index in [1.165, 1.54) is 10.7 Å². The Balaban J connectivity index is 2.04. The van der Waals surface area contributed by atoms with E-state index >= 15 is 0 Å². The van der Waals surface area contributed by atoms with E-state index in [-0.39, 0.29) is 5.56 Å². The first-order valence-corrected chi connectivity index (χ1v) is 7.62. The SMILES string of the molecule is CN(C)C(=NCCCn1nc(-c2ccccc2)ccc1=O)NC#N. The van der Waals surface area contributed by atoms with E-state index in [9.17, 15) is 4.79 Å². The van der Waals surface area contributed by atoms with Crippen molar-refractivity contribution in [3.05, 3.63) is 52.8 Å². The zero-order valence-electron chi connectivity index (χ0n) is 13.8. The molecule has 2 rings (SSSR count). The Hall–Kier alpha value is -3.14. The molecular formula is C17H20N6O. The number of nitriles is 1. The summed E-state index contributed by atoms with van der Waals surface area (Å²) >= 11 is 0. The van der Waals surface area contributed by atoms with Crippen LogP contribution in [0.3, 0.4) is 0 Å². The summed E-state index contributed by atoms with van der Waals surface area (Å²) in [5.41, 5.74) is 1.60. The van der Waals surface area contributed by atoms with E-state index in [2.05, 4.69) is 15.4 Å². The van der Waals surface area contributed by atoms with Gasteiger partial charge in [0.25, 0.3) is 5.56 Å². The van der Waals surface area contributed by atoms with Crippen molar-refractivity contribution in [3.63, 3.8) is 0 Å². The monoisotopic (exact) mass is 324 g/mol. The molecule has 0 aliphatic heterocycles. The van der Waals surface area contributed by atoms with Gasteiger partial charge in [0.1, 0.15) is 0 Å². The van der Waals surface area contributed by atoms with Gasteiger partial charge in [0.2, 0.25) is 5.96 Å². The van der Waals surface area contributed by atoms with Gasteiger partial charge >= 0.3 is 0 Å². The summed E-state index contributed by atoms with van der Waals surface area (Å²) in [6.07, 6.45) is 2.50. The predicted octanol–water partition coefficient (Wildman–Crippen LogP) is 1.29. The minimum Gasteiger partial charge on any atom is -0.348 e. The van der Waals surface area contributed by atoms with Gasteiger partial charge in [0, 0.05) is 38.8 Å². The van der Waals surface area contributed by atoms with Crippen LogP contribution in [0, 0.1) is 11.5 Å². The van der Waals surface area contributed by atoms with E-state index in [4.69, 9.17) is 5.26 Å². The molecule has 0 atom stereocenters.